The molecule has 1 amide bonds. The van der Waals surface area contributed by atoms with E-state index in [0.29, 0.717) is 33.4 Å². The molecule has 1 heterocycles. The first kappa shape index (κ1) is 20.8. The molecule has 2 N–H and O–H groups in total. The van der Waals surface area contributed by atoms with Crippen molar-refractivity contribution in [1.82, 2.24) is 10.3 Å². The highest BCUT2D eigenvalue weighted by Gasteiger charge is 2.18. The number of halogens is 1. The van der Waals surface area contributed by atoms with Gasteiger partial charge < -0.3 is 14.8 Å². The van der Waals surface area contributed by atoms with Gasteiger partial charge in [0.2, 0.25) is 5.89 Å². The maximum absolute atomic E-state index is 12.8. The Bertz CT molecular complexity index is 1180. The van der Waals surface area contributed by atoms with Gasteiger partial charge in [-0.05, 0) is 36.8 Å². The molecule has 4 aromatic rings. The number of aryl methyl sites for hydroxylation is 1. The van der Waals surface area contributed by atoms with Gasteiger partial charge >= 0.3 is 0 Å². The molecule has 0 saturated carbocycles. The van der Waals surface area contributed by atoms with Gasteiger partial charge in [0, 0.05) is 22.7 Å². The molecule has 156 valence electrons. The van der Waals surface area contributed by atoms with E-state index < -0.39 is 6.10 Å². The van der Waals surface area contributed by atoms with Gasteiger partial charge in [-0.25, -0.2) is 4.98 Å². The van der Waals surface area contributed by atoms with Gasteiger partial charge in [0.15, 0.2) is 5.76 Å². The predicted molar refractivity (Wildman–Crippen MR) is 121 cm³/mol. The molecule has 4 rings (SSSR count). The smallest absolute Gasteiger partial charge is 0.252 e. The number of aromatic nitrogens is 1. The van der Waals surface area contributed by atoms with E-state index in [4.69, 9.17) is 16.0 Å². The number of amides is 1. The van der Waals surface area contributed by atoms with Crippen molar-refractivity contribution in [3.8, 4) is 22.8 Å². The minimum absolute atomic E-state index is 0.0645. The summed E-state index contributed by atoms with van der Waals surface area (Å²) in [6.45, 7) is 2.09. The maximum atomic E-state index is 12.8. The van der Waals surface area contributed by atoms with E-state index in [1.807, 2.05) is 37.3 Å². The van der Waals surface area contributed by atoms with Crippen molar-refractivity contribution in [2.45, 2.75) is 13.0 Å². The molecule has 0 saturated heterocycles. The highest BCUT2D eigenvalue weighted by molar-refractivity contribution is 6.30. The van der Waals surface area contributed by atoms with E-state index in [-0.39, 0.29) is 12.5 Å². The monoisotopic (exact) mass is 432 g/mol. The second kappa shape index (κ2) is 9.16. The first-order valence-corrected chi connectivity index (χ1v) is 10.2. The first-order chi connectivity index (χ1) is 15.0. The van der Waals surface area contributed by atoms with Gasteiger partial charge in [0.25, 0.3) is 5.91 Å². The van der Waals surface area contributed by atoms with Gasteiger partial charge in [-0.3, -0.25) is 4.79 Å². The van der Waals surface area contributed by atoms with E-state index in [1.54, 1.807) is 48.7 Å². The molecule has 1 aromatic heterocycles. The molecule has 1 unspecified atom stereocenters. The summed E-state index contributed by atoms with van der Waals surface area (Å²) in [5.41, 5.74) is 3.75. The molecule has 3 aromatic carbocycles. The van der Waals surface area contributed by atoms with Gasteiger partial charge in [-0.15, -0.1) is 0 Å². The number of carbonyl (C=O) groups is 1. The lowest BCUT2D eigenvalue weighted by molar-refractivity contribution is 0.0916. The van der Waals surface area contributed by atoms with Crippen molar-refractivity contribution in [1.29, 1.82) is 0 Å². The highest BCUT2D eigenvalue weighted by Crippen LogP contribution is 2.28. The van der Waals surface area contributed by atoms with Crippen molar-refractivity contribution in [2.75, 3.05) is 6.54 Å². The summed E-state index contributed by atoms with van der Waals surface area (Å²) in [4.78, 5) is 17.2. The molecule has 0 aliphatic heterocycles. The quantitative estimate of drug-likeness (QED) is 0.425. The van der Waals surface area contributed by atoms with Crippen LogP contribution in [-0.2, 0) is 0 Å². The Hall–Kier alpha value is -3.41. The number of nitrogens with zero attached hydrogens (tertiary/aromatic N) is 1. The fourth-order valence-electron chi connectivity index (χ4n) is 3.20. The lowest BCUT2D eigenvalue weighted by Gasteiger charge is -2.13. The zero-order valence-corrected chi connectivity index (χ0v) is 17.6. The molecule has 0 aliphatic carbocycles. The number of benzene rings is 3. The molecule has 6 heteroatoms. The summed E-state index contributed by atoms with van der Waals surface area (Å²) in [6.07, 6.45) is 0.808. The number of carbonyl (C=O) groups excluding carboxylic acids is 1. The average molecular weight is 433 g/mol. The minimum atomic E-state index is -0.844. The third-order valence-electron chi connectivity index (χ3n) is 4.95. The van der Waals surface area contributed by atoms with Gasteiger partial charge in [-0.2, -0.15) is 0 Å². The Morgan fingerprint density at radius 2 is 1.77 bits per heavy atom. The second-order valence-corrected chi connectivity index (χ2v) is 7.66. The molecule has 0 radical (unpaired) electrons. The van der Waals surface area contributed by atoms with Crippen LogP contribution >= 0.6 is 11.6 Å². The van der Waals surface area contributed by atoms with E-state index >= 15 is 0 Å². The highest BCUT2D eigenvalue weighted by atomic mass is 35.5. The van der Waals surface area contributed by atoms with Gasteiger partial charge in [-0.1, -0.05) is 65.7 Å². The fraction of sp³-hybridized carbons (Fsp3) is 0.120. The number of aliphatic hydroxyl groups excluding tert-OH is 1. The average Bonchev–Trinajstić information content (AvgIpc) is 3.28. The molecule has 31 heavy (non-hydrogen) atoms. The number of hydrogen-bond donors (Lipinski definition) is 2. The molecule has 1 atom stereocenters. The SMILES string of the molecule is Cc1ccc(-c2cnc(-c3ccccc3C(=O)NCC(O)c3ccc(Cl)cc3)o2)cc1. The standard InChI is InChI=1S/C25H21ClN2O3/c1-16-6-8-18(9-7-16)23-15-28-25(31-23)21-5-3-2-4-20(21)24(30)27-14-22(29)17-10-12-19(26)13-11-17/h2-13,15,22,29H,14H2,1H3,(H,27,30). The van der Waals surface area contributed by atoms with Crippen molar-refractivity contribution in [3.05, 3.63) is 101 Å². The number of aliphatic hydroxyl groups is 1. The molecular weight excluding hydrogens is 412 g/mol. The summed E-state index contributed by atoms with van der Waals surface area (Å²) < 4.78 is 5.94. The molecule has 0 aliphatic rings. The van der Waals surface area contributed by atoms with Gasteiger partial charge in [0.05, 0.1) is 17.9 Å². The van der Waals surface area contributed by atoms with Crippen LogP contribution in [0.15, 0.2) is 83.4 Å². The summed E-state index contributed by atoms with van der Waals surface area (Å²) in [5, 5.41) is 13.7. The minimum Gasteiger partial charge on any atom is -0.436 e. The topological polar surface area (TPSA) is 75.4 Å². The number of hydrogen-bond acceptors (Lipinski definition) is 4. The van der Waals surface area contributed by atoms with Crippen molar-refractivity contribution in [3.63, 3.8) is 0 Å². The molecule has 0 bridgehead atoms. The molecular formula is C25H21ClN2O3. The summed E-state index contributed by atoms with van der Waals surface area (Å²) >= 11 is 5.88. The normalized spacial score (nSPS) is 11.8. The number of rotatable bonds is 6. The Balaban J connectivity index is 1.51. The van der Waals surface area contributed by atoms with Crippen LogP contribution in [0.1, 0.15) is 27.6 Å². The summed E-state index contributed by atoms with van der Waals surface area (Å²) in [7, 11) is 0. The van der Waals surface area contributed by atoms with Crippen LogP contribution in [0.5, 0.6) is 0 Å². The lowest BCUT2D eigenvalue weighted by atomic mass is 10.1. The Morgan fingerprint density at radius 3 is 2.52 bits per heavy atom. The van der Waals surface area contributed by atoms with E-state index in [2.05, 4.69) is 10.3 Å². The fourth-order valence-corrected chi connectivity index (χ4v) is 3.33. The van der Waals surface area contributed by atoms with Crippen LogP contribution in [0.4, 0.5) is 0 Å². The van der Waals surface area contributed by atoms with E-state index in [1.165, 1.54) is 0 Å². The number of nitrogens with one attached hydrogen (secondary N) is 1. The van der Waals surface area contributed by atoms with Gasteiger partial charge in [0.1, 0.15) is 0 Å². The Kier molecular flexibility index (Phi) is 6.16. The molecule has 0 fully saturated rings. The van der Waals surface area contributed by atoms with Crippen molar-refractivity contribution >= 4 is 17.5 Å². The second-order valence-electron chi connectivity index (χ2n) is 7.22. The molecule has 5 nitrogen and oxygen atoms in total. The van der Waals surface area contributed by atoms with Crippen LogP contribution in [-0.4, -0.2) is 22.5 Å². The summed E-state index contributed by atoms with van der Waals surface area (Å²) in [6, 6.07) is 21.9. The van der Waals surface area contributed by atoms with Crippen molar-refractivity contribution < 1.29 is 14.3 Å². The lowest BCUT2D eigenvalue weighted by Crippen LogP contribution is -2.28. The van der Waals surface area contributed by atoms with Crippen molar-refractivity contribution in [2.24, 2.45) is 0 Å². The first-order valence-electron chi connectivity index (χ1n) is 9.85. The van der Waals surface area contributed by atoms with Crippen LogP contribution in [0.3, 0.4) is 0 Å². The number of oxazole rings is 1. The van der Waals surface area contributed by atoms with Crippen LogP contribution in [0, 0.1) is 6.92 Å². The van der Waals surface area contributed by atoms with Crippen LogP contribution in [0.2, 0.25) is 5.02 Å². The van der Waals surface area contributed by atoms with Crippen LogP contribution in [0.25, 0.3) is 22.8 Å². The Labute approximate surface area is 185 Å². The zero-order valence-electron chi connectivity index (χ0n) is 16.9. The molecule has 0 spiro atoms. The zero-order chi connectivity index (χ0) is 21.8. The third-order valence-corrected chi connectivity index (χ3v) is 5.21. The van der Waals surface area contributed by atoms with E-state index in [0.717, 1.165) is 11.1 Å². The largest absolute Gasteiger partial charge is 0.436 e. The maximum Gasteiger partial charge on any atom is 0.252 e. The van der Waals surface area contributed by atoms with Crippen LogP contribution < -0.4 is 5.32 Å². The third kappa shape index (κ3) is 4.85. The summed E-state index contributed by atoms with van der Waals surface area (Å²) in [5.74, 6) is 0.668. The van der Waals surface area contributed by atoms with E-state index in [9.17, 15) is 9.90 Å². The predicted octanol–water partition coefficient (Wildman–Crippen LogP) is 5.43. The Morgan fingerprint density at radius 1 is 1.06 bits per heavy atom.